The maximum Gasteiger partial charge on any atom is 0.305 e. The van der Waals surface area contributed by atoms with Gasteiger partial charge in [0.05, 0.1) is 18.9 Å². The van der Waals surface area contributed by atoms with Crippen LogP contribution in [0.2, 0.25) is 0 Å². The van der Waals surface area contributed by atoms with Crippen molar-refractivity contribution in [2.75, 3.05) is 25.2 Å². The van der Waals surface area contributed by atoms with E-state index < -0.39 is 17.9 Å². The predicted molar refractivity (Wildman–Crippen MR) is 145 cm³/mol. The monoisotopic (exact) mass is 541 g/mol. The van der Waals surface area contributed by atoms with Crippen molar-refractivity contribution in [3.05, 3.63) is 101 Å². The molecule has 1 aromatic carbocycles. The Labute approximate surface area is 229 Å². The highest BCUT2D eigenvalue weighted by Crippen LogP contribution is 2.37. The van der Waals surface area contributed by atoms with E-state index >= 15 is 0 Å². The molecule has 3 aliphatic heterocycles. The number of carbonyl (C=O) groups is 3. The van der Waals surface area contributed by atoms with Gasteiger partial charge in [0.2, 0.25) is 12.7 Å². The van der Waals surface area contributed by atoms with Gasteiger partial charge in [0.25, 0.3) is 5.91 Å². The summed E-state index contributed by atoms with van der Waals surface area (Å²) in [5.41, 5.74) is 3.07. The fourth-order valence-corrected chi connectivity index (χ4v) is 5.15. The zero-order chi connectivity index (χ0) is 27.6. The van der Waals surface area contributed by atoms with E-state index in [1.165, 1.54) is 4.90 Å². The lowest BCUT2D eigenvalue weighted by molar-refractivity contribution is -0.140. The summed E-state index contributed by atoms with van der Waals surface area (Å²) in [5, 5.41) is 18.8. The van der Waals surface area contributed by atoms with E-state index in [4.69, 9.17) is 9.47 Å². The lowest BCUT2D eigenvalue weighted by atomic mass is 9.95. The lowest BCUT2D eigenvalue weighted by Crippen LogP contribution is -2.41. The molecule has 0 saturated heterocycles. The molecule has 2 amide bonds. The van der Waals surface area contributed by atoms with Gasteiger partial charge in [-0.05, 0) is 48.4 Å². The highest BCUT2D eigenvalue weighted by molar-refractivity contribution is 5.99. The first kappa shape index (κ1) is 25.2. The van der Waals surface area contributed by atoms with Gasteiger partial charge >= 0.3 is 5.97 Å². The number of carboxylic acids is 1. The fourth-order valence-electron chi connectivity index (χ4n) is 5.15. The number of carbonyl (C=O) groups excluding carboxylic acids is 2. The second-order valence-electron chi connectivity index (χ2n) is 9.65. The van der Waals surface area contributed by atoms with Gasteiger partial charge in [-0.15, -0.1) is 0 Å². The van der Waals surface area contributed by atoms with Crippen LogP contribution in [-0.2, 0) is 19.1 Å². The summed E-state index contributed by atoms with van der Waals surface area (Å²) in [5.74, 6) is -0.648. The zero-order valence-corrected chi connectivity index (χ0v) is 21.4. The molecule has 11 nitrogen and oxygen atoms in total. The molecule has 4 N–H and O–H groups in total. The molecule has 3 heterocycles. The number of ether oxygens (including phenoxy) is 2. The number of hydrogen-bond acceptors (Lipinski definition) is 8. The smallest absolute Gasteiger partial charge is 0.305 e. The maximum atomic E-state index is 13.6. The van der Waals surface area contributed by atoms with E-state index in [-0.39, 0.29) is 25.0 Å². The third kappa shape index (κ3) is 5.00. The Morgan fingerprint density at radius 1 is 1.25 bits per heavy atom. The van der Waals surface area contributed by atoms with Crippen LogP contribution in [0.3, 0.4) is 0 Å². The van der Waals surface area contributed by atoms with E-state index in [2.05, 4.69) is 20.9 Å². The Morgan fingerprint density at radius 3 is 2.98 bits per heavy atom. The van der Waals surface area contributed by atoms with Gasteiger partial charge in [-0.3, -0.25) is 19.4 Å². The minimum Gasteiger partial charge on any atom is -0.481 e. The van der Waals surface area contributed by atoms with Crippen LogP contribution in [0.1, 0.15) is 23.2 Å². The van der Waals surface area contributed by atoms with Crippen molar-refractivity contribution < 1.29 is 29.0 Å². The molecule has 2 aliphatic carbocycles. The van der Waals surface area contributed by atoms with Crippen molar-refractivity contribution in [3.8, 4) is 0 Å². The number of guanidine groups is 1. The van der Waals surface area contributed by atoms with E-state index in [9.17, 15) is 19.5 Å². The van der Waals surface area contributed by atoms with Crippen LogP contribution in [0.15, 0.2) is 100 Å². The normalized spacial score (nSPS) is 21.6. The maximum absolute atomic E-state index is 13.6. The van der Waals surface area contributed by atoms with Crippen molar-refractivity contribution >= 4 is 29.4 Å². The largest absolute Gasteiger partial charge is 0.481 e. The SMILES string of the molecule is O=C(O)CC(C1=C2CC=CC=C2OCO1)N1C=C2C=CC(NC(=O)c3cccc(NC4=NCCN4)c3)=CC2C1=O. The topological polar surface area (TPSA) is 142 Å². The number of hydrogen-bond donors (Lipinski definition) is 4. The van der Waals surface area contributed by atoms with Crippen molar-refractivity contribution in [1.82, 2.24) is 15.5 Å². The number of amides is 2. The molecule has 0 aromatic heterocycles. The van der Waals surface area contributed by atoms with Crippen molar-refractivity contribution in [1.29, 1.82) is 0 Å². The number of nitrogens with one attached hydrogen (secondary N) is 3. The van der Waals surface area contributed by atoms with Crippen molar-refractivity contribution in [3.63, 3.8) is 0 Å². The number of benzene rings is 1. The molecule has 5 aliphatic rings. The number of anilines is 1. The van der Waals surface area contributed by atoms with Crippen LogP contribution in [0, 0.1) is 5.92 Å². The van der Waals surface area contributed by atoms with Gasteiger partial charge in [0, 0.05) is 35.3 Å². The zero-order valence-electron chi connectivity index (χ0n) is 21.4. The molecule has 204 valence electrons. The Kier molecular flexibility index (Phi) is 6.69. The Bertz CT molecular complexity index is 1500. The predicted octanol–water partition coefficient (Wildman–Crippen LogP) is 2.53. The molecule has 0 saturated carbocycles. The summed E-state index contributed by atoms with van der Waals surface area (Å²) in [6, 6.07) is 6.20. The molecule has 0 bridgehead atoms. The molecular formula is C29H27N5O6. The number of rotatable bonds is 7. The van der Waals surface area contributed by atoms with Crippen molar-refractivity contribution in [2.45, 2.75) is 18.9 Å². The van der Waals surface area contributed by atoms with Crippen LogP contribution in [0.4, 0.5) is 5.69 Å². The summed E-state index contributed by atoms with van der Waals surface area (Å²) in [4.78, 5) is 44.2. The molecule has 2 atom stereocenters. The molecule has 11 heteroatoms. The quantitative estimate of drug-likeness (QED) is 0.413. The van der Waals surface area contributed by atoms with Crippen molar-refractivity contribution in [2.24, 2.45) is 10.9 Å². The number of carboxylic acid groups (broad SMARTS) is 1. The number of aliphatic imine (C=N–C) groups is 1. The summed E-state index contributed by atoms with van der Waals surface area (Å²) in [7, 11) is 0. The second-order valence-corrected chi connectivity index (χ2v) is 9.65. The first-order valence-corrected chi connectivity index (χ1v) is 12.9. The minimum atomic E-state index is -1.06. The average Bonchev–Trinajstić information content (AvgIpc) is 3.59. The van der Waals surface area contributed by atoms with E-state index in [0.717, 1.165) is 17.8 Å². The van der Waals surface area contributed by atoms with Crippen LogP contribution in [0.25, 0.3) is 0 Å². The Morgan fingerprint density at radius 2 is 2.15 bits per heavy atom. The first-order chi connectivity index (χ1) is 19.5. The van der Waals surface area contributed by atoms with E-state index in [1.807, 2.05) is 18.2 Å². The molecule has 40 heavy (non-hydrogen) atoms. The van der Waals surface area contributed by atoms with Crippen LogP contribution in [0.5, 0.6) is 0 Å². The Balaban J connectivity index is 1.20. The fraction of sp³-hybridized carbons (Fsp3) is 0.241. The standard InChI is InChI=1S/C29H27N5O6/c35-25(36)14-23(26-21-6-1-2-7-24(21)39-16-40-26)34-15-18-8-9-20(13-22(18)28(34)38)32-27(37)17-4-3-5-19(12-17)33-29-30-10-11-31-29/h1-5,7-9,12-13,15,22-23H,6,10-11,14,16H2,(H,32,37)(H,35,36)(H2,30,31,33). The molecular weight excluding hydrogens is 514 g/mol. The van der Waals surface area contributed by atoms with E-state index in [1.54, 1.807) is 48.7 Å². The molecule has 6 rings (SSSR count). The molecule has 0 radical (unpaired) electrons. The third-order valence-corrected chi connectivity index (χ3v) is 7.02. The number of fused-ring (bicyclic) bond motifs is 2. The van der Waals surface area contributed by atoms with Gasteiger partial charge in [-0.2, -0.15) is 0 Å². The summed E-state index contributed by atoms with van der Waals surface area (Å²) < 4.78 is 11.4. The lowest BCUT2D eigenvalue weighted by Gasteiger charge is -2.33. The second kappa shape index (κ2) is 10.6. The van der Waals surface area contributed by atoms with Crippen LogP contribution >= 0.6 is 0 Å². The number of aliphatic carboxylic acids is 1. The van der Waals surface area contributed by atoms with Crippen LogP contribution in [-0.4, -0.2) is 59.7 Å². The molecule has 0 fully saturated rings. The summed E-state index contributed by atoms with van der Waals surface area (Å²) in [6.45, 7) is 1.40. The molecule has 0 spiro atoms. The first-order valence-electron chi connectivity index (χ1n) is 12.9. The molecule has 1 aromatic rings. The number of nitrogens with zero attached hydrogens (tertiary/aromatic N) is 2. The van der Waals surface area contributed by atoms with Crippen LogP contribution < -0.4 is 16.0 Å². The summed E-state index contributed by atoms with van der Waals surface area (Å²) in [6.07, 6.45) is 12.6. The average molecular weight is 542 g/mol. The van der Waals surface area contributed by atoms with Gasteiger partial charge in [-0.25, -0.2) is 0 Å². The highest BCUT2D eigenvalue weighted by Gasteiger charge is 2.41. The number of allylic oxidation sites excluding steroid dienone is 6. The molecule has 2 unspecified atom stereocenters. The van der Waals surface area contributed by atoms with Gasteiger partial charge in [0.15, 0.2) is 5.96 Å². The third-order valence-electron chi connectivity index (χ3n) is 7.02. The minimum absolute atomic E-state index is 0.0615. The summed E-state index contributed by atoms with van der Waals surface area (Å²) >= 11 is 0. The van der Waals surface area contributed by atoms with Gasteiger partial charge < -0.3 is 35.4 Å². The Hall–Kier alpha value is -5.06. The van der Waals surface area contributed by atoms with Gasteiger partial charge in [-0.1, -0.05) is 24.3 Å². The highest BCUT2D eigenvalue weighted by atomic mass is 16.7. The van der Waals surface area contributed by atoms with E-state index in [0.29, 0.717) is 47.3 Å². The van der Waals surface area contributed by atoms with Gasteiger partial charge in [0.1, 0.15) is 17.6 Å².